The molecule has 0 spiro atoms. The second-order valence-corrected chi connectivity index (χ2v) is 1.89. The third-order valence-electron chi connectivity index (χ3n) is 0.552. The Kier molecular flexibility index (Phi) is 5.50. The van der Waals surface area contributed by atoms with Crippen LogP contribution in [-0.4, -0.2) is 55.4 Å². The summed E-state index contributed by atoms with van der Waals surface area (Å²) in [6.07, 6.45) is 2.27. The molecule has 0 bridgehead atoms. The molecule has 1 aromatic rings. The fourth-order valence-corrected chi connectivity index (χ4v) is 0.622. The van der Waals surface area contributed by atoms with Crippen LogP contribution >= 0.6 is 23.2 Å². The van der Waals surface area contributed by atoms with Gasteiger partial charge in [-0.3, -0.25) is 0 Å². The molecule has 0 fully saturated rings. The van der Waals surface area contributed by atoms with Crippen molar-refractivity contribution in [3.8, 4) is 0 Å². The maximum atomic E-state index is 5.38. The summed E-state index contributed by atoms with van der Waals surface area (Å²) in [5, 5.41) is 0.620. The Bertz CT molecular complexity index is 181. The monoisotopic (exact) mass is 236 g/mol. The Labute approximate surface area is 101 Å². The standard InChI is InChI=1S/C4HCl2N2.Sr.H/c5-3-1-4(6)8-2-7-3;;/h1H;;/q-1;+2;-1. The minimum absolute atomic E-state index is 0. The summed E-state index contributed by atoms with van der Waals surface area (Å²) in [7, 11) is 0. The van der Waals surface area contributed by atoms with E-state index in [2.05, 4.69) is 16.3 Å². The molecular formula is C4H2Cl2N2Sr. The normalized spacial score (nSPS) is 8.22. The van der Waals surface area contributed by atoms with E-state index >= 15 is 0 Å². The second kappa shape index (κ2) is 4.88. The summed E-state index contributed by atoms with van der Waals surface area (Å²) in [5.74, 6) is 0. The van der Waals surface area contributed by atoms with Crippen LogP contribution in [0.4, 0.5) is 0 Å². The Hall–Kier alpha value is 1.14. The fraction of sp³-hybridized carbons (Fsp3) is 0. The third kappa shape index (κ3) is 3.76. The topological polar surface area (TPSA) is 25.8 Å². The SMILES string of the molecule is Clc1cc(Cl)n[c-]n1.[H-].[Sr+2]. The summed E-state index contributed by atoms with van der Waals surface area (Å²) in [5.41, 5.74) is 0. The molecule has 5 heteroatoms. The number of hydrogen-bond acceptors (Lipinski definition) is 2. The zero-order valence-corrected chi connectivity index (χ0v) is 9.42. The van der Waals surface area contributed by atoms with Gasteiger partial charge in [0.05, 0.1) is 0 Å². The molecule has 2 nitrogen and oxygen atoms in total. The molecule has 9 heavy (non-hydrogen) atoms. The Morgan fingerprint density at radius 1 is 1.33 bits per heavy atom. The average Bonchev–Trinajstić information content (AvgIpc) is 1.64. The molecule has 0 saturated heterocycles. The maximum Gasteiger partial charge on any atom is 2.00 e. The van der Waals surface area contributed by atoms with Crippen molar-refractivity contribution in [2.75, 3.05) is 0 Å². The first-order valence-corrected chi connectivity index (χ1v) is 2.61. The number of aromatic nitrogens is 2. The molecule has 0 aliphatic heterocycles. The Morgan fingerprint density at radius 2 is 1.78 bits per heavy atom. The van der Waals surface area contributed by atoms with E-state index in [-0.39, 0.29) is 46.9 Å². The van der Waals surface area contributed by atoms with Crippen molar-refractivity contribution in [1.29, 1.82) is 0 Å². The molecule has 0 saturated carbocycles. The predicted molar refractivity (Wildman–Crippen MR) is 37.8 cm³/mol. The van der Waals surface area contributed by atoms with Crippen molar-refractivity contribution in [3.63, 3.8) is 0 Å². The smallest absolute Gasteiger partial charge is 1.00 e. The zero-order chi connectivity index (χ0) is 5.98. The van der Waals surface area contributed by atoms with E-state index in [1.54, 1.807) is 0 Å². The molecule has 1 heterocycles. The summed E-state index contributed by atoms with van der Waals surface area (Å²) in [6, 6.07) is 1.44. The van der Waals surface area contributed by atoms with E-state index in [0.29, 0.717) is 10.3 Å². The van der Waals surface area contributed by atoms with Crippen LogP contribution in [0.25, 0.3) is 0 Å². The number of hydrogen-bond donors (Lipinski definition) is 0. The molecule has 1 rings (SSSR count). The number of halogens is 2. The van der Waals surface area contributed by atoms with Crippen molar-refractivity contribution in [2.24, 2.45) is 0 Å². The summed E-state index contributed by atoms with van der Waals surface area (Å²) in [4.78, 5) is 6.97. The summed E-state index contributed by atoms with van der Waals surface area (Å²) < 4.78 is 0. The predicted octanol–water partition coefficient (Wildman–Crippen LogP) is 1.32. The van der Waals surface area contributed by atoms with Crippen molar-refractivity contribution in [1.82, 2.24) is 9.97 Å². The van der Waals surface area contributed by atoms with Crippen LogP contribution in [0.2, 0.25) is 10.3 Å². The summed E-state index contributed by atoms with van der Waals surface area (Å²) >= 11 is 10.8. The van der Waals surface area contributed by atoms with Crippen molar-refractivity contribution in [2.45, 2.75) is 0 Å². The first-order valence-electron chi connectivity index (χ1n) is 1.85. The van der Waals surface area contributed by atoms with Gasteiger partial charge in [0.1, 0.15) is 0 Å². The molecule has 0 amide bonds. The zero-order valence-electron chi connectivity index (χ0n) is 5.43. The molecule has 0 radical (unpaired) electrons. The van der Waals surface area contributed by atoms with Crippen LogP contribution in [0, 0.1) is 6.33 Å². The van der Waals surface area contributed by atoms with Crippen molar-refractivity contribution < 1.29 is 1.43 Å². The largest absolute Gasteiger partial charge is 2.00 e. The Balaban J connectivity index is 0. The van der Waals surface area contributed by atoms with Gasteiger partial charge in [0, 0.05) is 16.6 Å². The van der Waals surface area contributed by atoms with Gasteiger partial charge in [0.15, 0.2) is 0 Å². The first kappa shape index (κ1) is 10.1. The van der Waals surface area contributed by atoms with Gasteiger partial charge in [-0.25, -0.2) is 0 Å². The summed E-state index contributed by atoms with van der Waals surface area (Å²) in [6.45, 7) is 0. The van der Waals surface area contributed by atoms with Crippen LogP contribution in [0.15, 0.2) is 6.07 Å². The van der Waals surface area contributed by atoms with Gasteiger partial charge in [-0.15, -0.1) is 29.3 Å². The van der Waals surface area contributed by atoms with E-state index in [1.807, 2.05) is 0 Å². The van der Waals surface area contributed by atoms with Gasteiger partial charge in [-0.1, -0.05) is 0 Å². The molecule has 0 atom stereocenters. The molecular weight excluding hydrogens is 235 g/mol. The molecule has 1 aromatic heterocycles. The van der Waals surface area contributed by atoms with Gasteiger partial charge >= 0.3 is 45.5 Å². The molecule has 0 aliphatic carbocycles. The van der Waals surface area contributed by atoms with Crippen molar-refractivity contribution >= 4 is 68.7 Å². The number of nitrogens with zero attached hydrogens (tertiary/aromatic N) is 2. The molecule has 44 valence electrons. The van der Waals surface area contributed by atoms with Gasteiger partial charge in [0.2, 0.25) is 0 Å². The minimum Gasteiger partial charge on any atom is -1.00 e. The molecule has 0 aromatic carbocycles. The van der Waals surface area contributed by atoms with E-state index in [1.165, 1.54) is 6.07 Å². The Morgan fingerprint density at radius 3 is 2.00 bits per heavy atom. The van der Waals surface area contributed by atoms with E-state index in [9.17, 15) is 0 Å². The van der Waals surface area contributed by atoms with Crippen molar-refractivity contribution in [3.05, 3.63) is 22.7 Å². The van der Waals surface area contributed by atoms with Crippen LogP contribution in [0.3, 0.4) is 0 Å². The quantitative estimate of drug-likeness (QED) is 0.386. The van der Waals surface area contributed by atoms with E-state index < -0.39 is 0 Å². The number of rotatable bonds is 0. The molecule has 0 unspecified atom stereocenters. The first-order chi connectivity index (χ1) is 3.79. The van der Waals surface area contributed by atoms with Gasteiger partial charge in [-0.05, 0) is 0 Å². The molecule has 0 N–H and O–H groups in total. The minimum atomic E-state index is 0. The average molecular weight is 237 g/mol. The van der Waals surface area contributed by atoms with E-state index in [0.717, 1.165) is 0 Å². The third-order valence-corrected chi connectivity index (χ3v) is 0.939. The molecule has 0 aliphatic rings. The second-order valence-electron chi connectivity index (χ2n) is 1.11. The van der Waals surface area contributed by atoms with Crippen LogP contribution in [-0.2, 0) is 0 Å². The van der Waals surface area contributed by atoms with Crippen LogP contribution in [0.5, 0.6) is 0 Å². The van der Waals surface area contributed by atoms with Gasteiger partial charge in [-0.2, -0.15) is 0 Å². The van der Waals surface area contributed by atoms with Crippen LogP contribution < -0.4 is 0 Å². The fourth-order valence-electron chi connectivity index (χ4n) is 0.283. The van der Waals surface area contributed by atoms with Gasteiger partial charge < -0.3 is 11.4 Å². The maximum absolute atomic E-state index is 5.38. The van der Waals surface area contributed by atoms with Crippen LogP contribution in [0.1, 0.15) is 1.43 Å². The van der Waals surface area contributed by atoms with E-state index in [4.69, 9.17) is 23.2 Å². The van der Waals surface area contributed by atoms with Gasteiger partial charge in [0.25, 0.3) is 0 Å².